The summed E-state index contributed by atoms with van der Waals surface area (Å²) in [4.78, 5) is 14.6. The first-order chi connectivity index (χ1) is 13.0. The Bertz CT molecular complexity index is 940. The van der Waals surface area contributed by atoms with Crippen LogP contribution in [0.2, 0.25) is 5.02 Å². The second kappa shape index (κ2) is 8.74. The predicted octanol–water partition coefficient (Wildman–Crippen LogP) is 5.61. The van der Waals surface area contributed by atoms with Crippen molar-refractivity contribution >= 4 is 51.9 Å². The molecule has 3 rings (SSSR count). The number of thiocarbonyl (C=S) groups is 1. The fourth-order valence-corrected chi connectivity index (χ4v) is 4.07. The van der Waals surface area contributed by atoms with E-state index in [0.717, 1.165) is 11.1 Å². The van der Waals surface area contributed by atoms with Gasteiger partial charge in [0, 0.05) is 17.1 Å². The van der Waals surface area contributed by atoms with Crippen LogP contribution < -0.4 is 4.74 Å². The molecule has 0 radical (unpaired) electrons. The Kier molecular flexibility index (Phi) is 6.37. The van der Waals surface area contributed by atoms with Crippen molar-refractivity contribution in [2.75, 3.05) is 6.54 Å². The van der Waals surface area contributed by atoms with E-state index in [-0.39, 0.29) is 5.91 Å². The molecule has 0 unspecified atom stereocenters. The minimum Gasteiger partial charge on any atom is -0.488 e. The van der Waals surface area contributed by atoms with Crippen LogP contribution in [0.15, 0.2) is 60.0 Å². The third kappa shape index (κ3) is 4.61. The Morgan fingerprint density at radius 2 is 2.07 bits per heavy atom. The molecule has 1 fully saturated rings. The maximum absolute atomic E-state index is 12.6. The van der Waals surface area contributed by atoms with Crippen LogP contribution >= 0.6 is 35.6 Å². The third-order valence-corrected chi connectivity index (χ3v) is 5.70. The highest BCUT2D eigenvalue weighted by molar-refractivity contribution is 8.26. The topological polar surface area (TPSA) is 29.5 Å². The molecule has 3 nitrogen and oxygen atoms in total. The Morgan fingerprint density at radius 3 is 2.81 bits per heavy atom. The lowest BCUT2D eigenvalue weighted by Crippen LogP contribution is -2.27. The van der Waals surface area contributed by atoms with Crippen molar-refractivity contribution in [1.29, 1.82) is 0 Å². The Morgan fingerprint density at radius 1 is 1.30 bits per heavy atom. The second-order valence-corrected chi connectivity index (χ2v) is 8.09. The Labute approximate surface area is 173 Å². The van der Waals surface area contributed by atoms with Gasteiger partial charge in [0.15, 0.2) is 0 Å². The van der Waals surface area contributed by atoms with Crippen LogP contribution in [0.1, 0.15) is 16.7 Å². The van der Waals surface area contributed by atoms with Gasteiger partial charge >= 0.3 is 0 Å². The number of halogens is 1. The van der Waals surface area contributed by atoms with Crippen LogP contribution in [0.5, 0.6) is 5.75 Å². The zero-order valence-electron chi connectivity index (χ0n) is 14.8. The maximum atomic E-state index is 12.6. The molecular weight excluding hydrogens is 398 g/mol. The molecule has 1 saturated heterocycles. The molecule has 0 bridgehead atoms. The molecule has 0 saturated carbocycles. The highest BCUT2D eigenvalue weighted by atomic mass is 35.5. The van der Waals surface area contributed by atoms with Gasteiger partial charge < -0.3 is 4.74 Å². The van der Waals surface area contributed by atoms with Crippen LogP contribution in [0, 0.1) is 6.92 Å². The second-order valence-electron chi connectivity index (χ2n) is 5.98. The molecule has 6 heteroatoms. The van der Waals surface area contributed by atoms with Gasteiger partial charge in [0.1, 0.15) is 16.7 Å². The molecule has 1 amide bonds. The van der Waals surface area contributed by atoms with E-state index in [4.69, 9.17) is 28.6 Å². The average molecular weight is 416 g/mol. The number of hydrogen-bond donors (Lipinski definition) is 0. The fourth-order valence-electron chi connectivity index (χ4n) is 2.62. The predicted molar refractivity (Wildman–Crippen MR) is 117 cm³/mol. The average Bonchev–Trinajstić information content (AvgIpc) is 2.90. The Balaban J connectivity index is 1.86. The van der Waals surface area contributed by atoms with Crippen molar-refractivity contribution in [1.82, 2.24) is 4.90 Å². The first-order valence-electron chi connectivity index (χ1n) is 8.32. The van der Waals surface area contributed by atoms with E-state index in [1.165, 1.54) is 22.2 Å². The third-order valence-electron chi connectivity index (χ3n) is 4.09. The van der Waals surface area contributed by atoms with Crippen LogP contribution in [0.4, 0.5) is 0 Å². The largest absolute Gasteiger partial charge is 0.488 e. The first kappa shape index (κ1) is 19.7. The van der Waals surface area contributed by atoms with Crippen molar-refractivity contribution < 1.29 is 9.53 Å². The summed E-state index contributed by atoms with van der Waals surface area (Å²) < 4.78 is 6.54. The molecule has 0 atom stereocenters. The summed E-state index contributed by atoms with van der Waals surface area (Å²) in [6.07, 6.45) is 3.44. The number of ether oxygens (including phenoxy) is 1. The summed E-state index contributed by atoms with van der Waals surface area (Å²) in [5.74, 6) is 0.534. The molecule has 27 heavy (non-hydrogen) atoms. The molecular formula is C21H18ClNO2S2. The summed E-state index contributed by atoms with van der Waals surface area (Å²) in [5, 5.41) is 0.575. The van der Waals surface area contributed by atoms with Gasteiger partial charge in [-0.25, -0.2) is 0 Å². The number of carbonyl (C=O) groups excluding carboxylic acids is 1. The maximum Gasteiger partial charge on any atom is 0.266 e. The van der Waals surface area contributed by atoms with Crippen molar-refractivity contribution in [2.45, 2.75) is 13.5 Å². The minimum atomic E-state index is -0.130. The quantitative estimate of drug-likeness (QED) is 0.348. The van der Waals surface area contributed by atoms with Crippen LogP contribution in [-0.4, -0.2) is 21.7 Å². The fraction of sp³-hybridized carbons (Fsp3) is 0.143. The van der Waals surface area contributed by atoms with Crippen LogP contribution in [0.25, 0.3) is 6.08 Å². The molecule has 1 aliphatic rings. The van der Waals surface area contributed by atoms with Crippen molar-refractivity contribution in [3.8, 4) is 5.75 Å². The lowest BCUT2D eigenvalue weighted by atomic mass is 10.1. The number of rotatable bonds is 6. The van der Waals surface area contributed by atoms with Gasteiger partial charge in [-0.05, 0) is 42.3 Å². The summed E-state index contributed by atoms with van der Waals surface area (Å²) in [5.41, 5.74) is 3.02. The monoisotopic (exact) mass is 415 g/mol. The zero-order chi connectivity index (χ0) is 19.4. The molecule has 0 aliphatic carbocycles. The number of carbonyl (C=O) groups is 1. The van der Waals surface area contributed by atoms with E-state index in [2.05, 4.69) is 6.58 Å². The smallest absolute Gasteiger partial charge is 0.266 e. The zero-order valence-corrected chi connectivity index (χ0v) is 17.2. The number of thioether (sulfide) groups is 1. The number of benzene rings is 2. The van der Waals surface area contributed by atoms with E-state index in [0.29, 0.717) is 33.1 Å². The van der Waals surface area contributed by atoms with Gasteiger partial charge in [0.2, 0.25) is 0 Å². The van der Waals surface area contributed by atoms with Gasteiger partial charge in [-0.3, -0.25) is 9.69 Å². The van der Waals surface area contributed by atoms with Crippen LogP contribution in [-0.2, 0) is 11.4 Å². The van der Waals surface area contributed by atoms with Gasteiger partial charge in [0.05, 0.1) is 4.91 Å². The lowest BCUT2D eigenvalue weighted by molar-refractivity contribution is -0.121. The molecule has 1 aliphatic heterocycles. The standard InChI is InChI=1S/C21H18ClNO2S2/c1-3-10-23-20(24)19(27-21(23)26)12-16-11-17(22)8-9-18(16)25-13-15-7-5-4-6-14(15)2/h3-9,11-12H,1,10,13H2,2H3. The van der Waals surface area contributed by atoms with Gasteiger partial charge in [-0.1, -0.05) is 65.9 Å². The molecule has 2 aromatic carbocycles. The van der Waals surface area contributed by atoms with Crippen molar-refractivity contribution in [3.63, 3.8) is 0 Å². The Hall–Kier alpha value is -2.08. The molecule has 0 spiro atoms. The van der Waals surface area contributed by atoms with Gasteiger partial charge in [0.25, 0.3) is 5.91 Å². The summed E-state index contributed by atoms with van der Waals surface area (Å²) in [7, 11) is 0. The van der Waals surface area contributed by atoms with E-state index in [9.17, 15) is 4.79 Å². The van der Waals surface area contributed by atoms with Crippen LogP contribution in [0.3, 0.4) is 0 Å². The number of hydrogen-bond acceptors (Lipinski definition) is 4. The van der Waals surface area contributed by atoms with Crippen molar-refractivity contribution in [2.24, 2.45) is 0 Å². The van der Waals surface area contributed by atoms with Crippen molar-refractivity contribution in [3.05, 3.63) is 81.7 Å². The molecule has 0 N–H and O–H groups in total. The molecule has 0 aromatic heterocycles. The minimum absolute atomic E-state index is 0.130. The number of amides is 1. The van der Waals surface area contributed by atoms with E-state index in [1.807, 2.05) is 37.3 Å². The first-order valence-corrected chi connectivity index (χ1v) is 9.93. The molecule has 2 aromatic rings. The summed E-state index contributed by atoms with van der Waals surface area (Å²) in [6.45, 7) is 6.55. The van der Waals surface area contributed by atoms with Gasteiger partial charge in [-0.2, -0.15) is 0 Å². The normalized spacial score (nSPS) is 15.5. The summed E-state index contributed by atoms with van der Waals surface area (Å²) in [6, 6.07) is 13.4. The lowest BCUT2D eigenvalue weighted by Gasteiger charge is -2.12. The molecule has 1 heterocycles. The molecule has 138 valence electrons. The summed E-state index contributed by atoms with van der Waals surface area (Å²) >= 11 is 12.7. The van der Waals surface area contributed by atoms with E-state index in [1.54, 1.807) is 24.3 Å². The van der Waals surface area contributed by atoms with Gasteiger partial charge in [-0.15, -0.1) is 6.58 Å². The number of aryl methyl sites for hydroxylation is 1. The van der Waals surface area contributed by atoms with E-state index >= 15 is 0 Å². The SMILES string of the molecule is C=CCN1C(=O)C(=Cc2cc(Cl)ccc2OCc2ccccc2C)SC1=S. The number of nitrogens with zero attached hydrogens (tertiary/aromatic N) is 1. The highest BCUT2D eigenvalue weighted by Crippen LogP contribution is 2.35. The van der Waals surface area contributed by atoms with E-state index < -0.39 is 0 Å². The highest BCUT2D eigenvalue weighted by Gasteiger charge is 2.31.